The molecule has 1 aromatic heterocycles. The summed E-state index contributed by atoms with van der Waals surface area (Å²) in [5.41, 5.74) is 5.78. The number of aryl methyl sites for hydroxylation is 1. The molecule has 0 amide bonds. The zero-order chi connectivity index (χ0) is 10.0. The molecule has 0 radical (unpaired) electrons. The minimum atomic E-state index is -0.402. The largest absolute Gasteiger partial charge is 0.458 e. The normalized spacial score (nSPS) is 10.5. The number of carbonyl (C=O) groups excluding carboxylic acids is 1. The number of ether oxygens (including phenoxy) is 1. The molecule has 0 bridgehead atoms. The fraction of sp³-hybridized carbons (Fsp3) is 0.500. The standard InChI is InChI=1S/C8H12N2O2S/c1-4(2)12-7(11)6-5(3)13-8(9)10-6/h4H,1-3H3,(H2,9,10). The summed E-state index contributed by atoms with van der Waals surface area (Å²) in [4.78, 5) is 16.0. The van der Waals surface area contributed by atoms with E-state index in [0.29, 0.717) is 10.8 Å². The molecular formula is C8H12N2O2S. The number of thiazole rings is 1. The minimum Gasteiger partial charge on any atom is -0.458 e. The first kappa shape index (κ1) is 9.98. The number of carbonyl (C=O) groups is 1. The van der Waals surface area contributed by atoms with Crippen LogP contribution in [0, 0.1) is 6.92 Å². The number of nitrogen functional groups attached to an aromatic ring is 1. The lowest BCUT2D eigenvalue weighted by Crippen LogP contribution is -2.12. The number of esters is 1. The van der Waals surface area contributed by atoms with Crippen LogP contribution in [0.5, 0.6) is 0 Å². The topological polar surface area (TPSA) is 65.2 Å². The Bertz CT molecular complexity index is 320. The van der Waals surface area contributed by atoms with E-state index >= 15 is 0 Å². The Morgan fingerprint density at radius 3 is 2.62 bits per heavy atom. The molecule has 0 unspecified atom stereocenters. The molecule has 0 saturated heterocycles. The van der Waals surface area contributed by atoms with Gasteiger partial charge < -0.3 is 10.5 Å². The van der Waals surface area contributed by atoms with Crippen LogP contribution >= 0.6 is 11.3 Å². The van der Waals surface area contributed by atoms with Gasteiger partial charge in [0.05, 0.1) is 6.10 Å². The Morgan fingerprint density at radius 2 is 2.23 bits per heavy atom. The van der Waals surface area contributed by atoms with Crippen LogP contribution in [-0.2, 0) is 4.74 Å². The molecule has 72 valence electrons. The molecule has 0 aliphatic heterocycles. The molecule has 5 heteroatoms. The van der Waals surface area contributed by atoms with Crippen molar-refractivity contribution in [1.82, 2.24) is 4.98 Å². The maximum atomic E-state index is 11.4. The number of hydrogen-bond acceptors (Lipinski definition) is 5. The van der Waals surface area contributed by atoms with Gasteiger partial charge in [-0.2, -0.15) is 0 Å². The Morgan fingerprint density at radius 1 is 1.62 bits per heavy atom. The van der Waals surface area contributed by atoms with Crippen molar-refractivity contribution in [2.24, 2.45) is 0 Å². The Kier molecular flexibility index (Phi) is 2.87. The Balaban J connectivity index is 2.82. The summed E-state index contributed by atoms with van der Waals surface area (Å²) in [7, 11) is 0. The number of rotatable bonds is 2. The molecule has 4 nitrogen and oxygen atoms in total. The predicted molar refractivity (Wildman–Crippen MR) is 51.8 cm³/mol. The minimum absolute atomic E-state index is 0.130. The van der Waals surface area contributed by atoms with E-state index < -0.39 is 5.97 Å². The molecule has 0 aliphatic rings. The predicted octanol–water partition coefficient (Wildman–Crippen LogP) is 1.60. The first-order chi connectivity index (χ1) is 6.00. The quantitative estimate of drug-likeness (QED) is 0.736. The van der Waals surface area contributed by atoms with E-state index in [0.717, 1.165) is 4.88 Å². The van der Waals surface area contributed by atoms with Crippen LogP contribution < -0.4 is 5.73 Å². The molecule has 13 heavy (non-hydrogen) atoms. The maximum Gasteiger partial charge on any atom is 0.358 e. The van der Waals surface area contributed by atoms with Crippen molar-refractivity contribution in [2.75, 3.05) is 5.73 Å². The zero-order valence-corrected chi connectivity index (χ0v) is 8.64. The van der Waals surface area contributed by atoms with E-state index in [2.05, 4.69) is 4.98 Å². The van der Waals surface area contributed by atoms with Crippen molar-refractivity contribution < 1.29 is 9.53 Å². The van der Waals surface area contributed by atoms with Gasteiger partial charge in [0.2, 0.25) is 0 Å². The van der Waals surface area contributed by atoms with Crippen LogP contribution in [-0.4, -0.2) is 17.1 Å². The Labute approximate surface area is 80.7 Å². The number of hydrogen-bond donors (Lipinski definition) is 1. The number of aromatic nitrogens is 1. The van der Waals surface area contributed by atoms with Crippen molar-refractivity contribution in [3.63, 3.8) is 0 Å². The van der Waals surface area contributed by atoms with Gasteiger partial charge in [-0.1, -0.05) is 0 Å². The lowest BCUT2D eigenvalue weighted by atomic mass is 10.4. The highest BCUT2D eigenvalue weighted by Crippen LogP contribution is 2.19. The van der Waals surface area contributed by atoms with Gasteiger partial charge in [0.1, 0.15) is 0 Å². The van der Waals surface area contributed by atoms with Crippen LogP contribution in [0.4, 0.5) is 5.13 Å². The second-order valence-electron chi connectivity index (χ2n) is 2.91. The van der Waals surface area contributed by atoms with Gasteiger partial charge in [0.15, 0.2) is 10.8 Å². The van der Waals surface area contributed by atoms with Crippen molar-refractivity contribution in [2.45, 2.75) is 26.9 Å². The SMILES string of the molecule is Cc1sc(N)nc1C(=O)OC(C)C. The molecule has 0 aliphatic carbocycles. The molecule has 1 aromatic rings. The zero-order valence-electron chi connectivity index (χ0n) is 7.83. The summed E-state index contributed by atoms with van der Waals surface area (Å²) < 4.78 is 4.98. The highest BCUT2D eigenvalue weighted by Gasteiger charge is 2.16. The van der Waals surface area contributed by atoms with E-state index in [4.69, 9.17) is 10.5 Å². The van der Waals surface area contributed by atoms with Crippen molar-refractivity contribution >= 4 is 22.4 Å². The number of nitrogens with two attached hydrogens (primary N) is 1. The Hall–Kier alpha value is -1.10. The highest BCUT2D eigenvalue weighted by atomic mass is 32.1. The van der Waals surface area contributed by atoms with Gasteiger partial charge in [-0.05, 0) is 20.8 Å². The van der Waals surface area contributed by atoms with Crippen molar-refractivity contribution in [1.29, 1.82) is 0 Å². The summed E-state index contributed by atoms with van der Waals surface area (Å²) in [6.45, 7) is 5.39. The average molecular weight is 200 g/mol. The van der Waals surface area contributed by atoms with Gasteiger partial charge in [0, 0.05) is 4.88 Å². The molecule has 1 rings (SSSR count). The second kappa shape index (κ2) is 3.74. The van der Waals surface area contributed by atoms with Crippen molar-refractivity contribution in [3.8, 4) is 0 Å². The van der Waals surface area contributed by atoms with E-state index in [1.54, 1.807) is 20.8 Å². The highest BCUT2D eigenvalue weighted by molar-refractivity contribution is 7.15. The number of anilines is 1. The van der Waals surface area contributed by atoms with Crippen LogP contribution in [0.3, 0.4) is 0 Å². The maximum absolute atomic E-state index is 11.4. The molecule has 2 N–H and O–H groups in total. The van der Waals surface area contributed by atoms with Crippen LogP contribution in [0.15, 0.2) is 0 Å². The molecule has 0 aromatic carbocycles. The fourth-order valence-corrected chi connectivity index (χ4v) is 1.55. The van der Waals surface area contributed by atoms with Crippen molar-refractivity contribution in [3.05, 3.63) is 10.6 Å². The van der Waals surface area contributed by atoms with Crippen LogP contribution in [0.1, 0.15) is 29.2 Å². The third kappa shape index (κ3) is 2.42. The van der Waals surface area contributed by atoms with Gasteiger partial charge in [0.25, 0.3) is 0 Å². The summed E-state index contributed by atoms with van der Waals surface area (Å²) in [5.74, 6) is -0.402. The first-order valence-electron chi connectivity index (χ1n) is 3.94. The fourth-order valence-electron chi connectivity index (χ4n) is 0.876. The van der Waals surface area contributed by atoms with Gasteiger partial charge in [-0.3, -0.25) is 0 Å². The van der Waals surface area contributed by atoms with Gasteiger partial charge in [-0.25, -0.2) is 9.78 Å². The summed E-state index contributed by atoms with van der Waals surface area (Å²) in [6, 6.07) is 0. The number of nitrogens with zero attached hydrogens (tertiary/aromatic N) is 1. The summed E-state index contributed by atoms with van der Waals surface area (Å²) in [6.07, 6.45) is -0.130. The lowest BCUT2D eigenvalue weighted by molar-refractivity contribution is 0.0371. The van der Waals surface area contributed by atoms with Crippen LogP contribution in [0.25, 0.3) is 0 Å². The van der Waals surface area contributed by atoms with E-state index in [1.165, 1.54) is 11.3 Å². The lowest BCUT2D eigenvalue weighted by Gasteiger charge is -2.05. The van der Waals surface area contributed by atoms with E-state index in [9.17, 15) is 4.79 Å². The molecular weight excluding hydrogens is 188 g/mol. The molecule has 1 heterocycles. The first-order valence-corrected chi connectivity index (χ1v) is 4.76. The summed E-state index contributed by atoms with van der Waals surface area (Å²) >= 11 is 1.29. The van der Waals surface area contributed by atoms with Gasteiger partial charge >= 0.3 is 5.97 Å². The monoisotopic (exact) mass is 200 g/mol. The van der Waals surface area contributed by atoms with E-state index in [1.807, 2.05) is 0 Å². The summed E-state index contributed by atoms with van der Waals surface area (Å²) in [5, 5.41) is 0.396. The smallest absolute Gasteiger partial charge is 0.358 e. The second-order valence-corrected chi connectivity index (χ2v) is 4.15. The molecule has 0 atom stereocenters. The third-order valence-electron chi connectivity index (χ3n) is 1.35. The molecule has 0 spiro atoms. The molecule has 0 saturated carbocycles. The molecule has 0 fully saturated rings. The van der Waals surface area contributed by atoms with Crippen LogP contribution in [0.2, 0.25) is 0 Å². The van der Waals surface area contributed by atoms with E-state index in [-0.39, 0.29) is 6.10 Å². The third-order valence-corrected chi connectivity index (χ3v) is 2.15. The average Bonchev–Trinajstić information content (AvgIpc) is 2.28. The van der Waals surface area contributed by atoms with Gasteiger partial charge in [-0.15, -0.1) is 11.3 Å².